The summed E-state index contributed by atoms with van der Waals surface area (Å²) in [7, 11) is 0. The van der Waals surface area contributed by atoms with E-state index in [1.807, 2.05) is 44.2 Å². The van der Waals surface area contributed by atoms with Crippen molar-refractivity contribution >= 4 is 0 Å². The van der Waals surface area contributed by atoms with E-state index < -0.39 is 5.54 Å². The predicted octanol–water partition coefficient (Wildman–Crippen LogP) is 2.85. The Hall–Kier alpha value is -1.41. The summed E-state index contributed by atoms with van der Waals surface area (Å²) in [6.07, 6.45) is 0.926. The van der Waals surface area contributed by atoms with Gasteiger partial charge in [-0.3, -0.25) is 5.32 Å². The highest BCUT2D eigenvalue weighted by Gasteiger charge is 2.32. The lowest BCUT2D eigenvalue weighted by atomic mass is 9.92. The fourth-order valence-electron chi connectivity index (χ4n) is 2.03. The molecule has 4 nitrogen and oxygen atoms in total. The molecular formula is C17H26N2O2. The van der Waals surface area contributed by atoms with Crippen LogP contribution < -0.4 is 5.32 Å². The standard InChI is InChI=1S/C17H26N2O2/c1-4-11-19-17(13-18,16-9-7-6-8-10-16)14-21-15(3)12-20-5-2/h6-10,15,19H,4-5,11-12,14H2,1-3H3. The monoisotopic (exact) mass is 290 g/mol. The molecule has 0 amide bonds. The van der Waals surface area contributed by atoms with E-state index in [2.05, 4.69) is 18.3 Å². The fraction of sp³-hybridized carbons (Fsp3) is 0.588. The first-order valence-corrected chi connectivity index (χ1v) is 7.59. The maximum Gasteiger partial charge on any atom is 0.155 e. The maximum atomic E-state index is 9.72. The van der Waals surface area contributed by atoms with Gasteiger partial charge in [0.15, 0.2) is 5.54 Å². The number of nitrogens with one attached hydrogen (secondary N) is 1. The summed E-state index contributed by atoms with van der Waals surface area (Å²) in [5.74, 6) is 0. The van der Waals surface area contributed by atoms with Gasteiger partial charge in [-0.15, -0.1) is 0 Å². The minimum atomic E-state index is -0.808. The lowest BCUT2D eigenvalue weighted by Gasteiger charge is -2.29. The minimum Gasteiger partial charge on any atom is -0.379 e. The van der Waals surface area contributed by atoms with E-state index in [0.717, 1.165) is 18.5 Å². The molecule has 0 aromatic heterocycles. The number of nitriles is 1. The molecule has 0 heterocycles. The third-order valence-electron chi connectivity index (χ3n) is 3.28. The smallest absolute Gasteiger partial charge is 0.155 e. The van der Waals surface area contributed by atoms with Crippen LogP contribution in [0.5, 0.6) is 0 Å². The zero-order valence-electron chi connectivity index (χ0n) is 13.3. The van der Waals surface area contributed by atoms with Crippen LogP contribution in [0.15, 0.2) is 30.3 Å². The summed E-state index contributed by atoms with van der Waals surface area (Å²) < 4.78 is 11.2. The zero-order valence-corrected chi connectivity index (χ0v) is 13.3. The molecule has 0 saturated carbocycles. The molecule has 0 aliphatic rings. The average Bonchev–Trinajstić information content (AvgIpc) is 2.54. The van der Waals surface area contributed by atoms with Gasteiger partial charge < -0.3 is 9.47 Å². The molecule has 4 heteroatoms. The number of hydrogen-bond acceptors (Lipinski definition) is 4. The Morgan fingerprint density at radius 3 is 2.57 bits per heavy atom. The van der Waals surface area contributed by atoms with Gasteiger partial charge in [-0.2, -0.15) is 5.26 Å². The molecule has 1 N–H and O–H groups in total. The normalized spacial score (nSPS) is 15.1. The molecule has 116 valence electrons. The third kappa shape index (κ3) is 5.47. The zero-order chi connectivity index (χ0) is 15.6. The molecule has 21 heavy (non-hydrogen) atoms. The van der Waals surface area contributed by atoms with Crippen LogP contribution >= 0.6 is 0 Å². The first-order chi connectivity index (χ1) is 10.2. The number of benzene rings is 1. The number of hydrogen-bond donors (Lipinski definition) is 1. The predicted molar refractivity (Wildman–Crippen MR) is 83.9 cm³/mol. The van der Waals surface area contributed by atoms with Crippen molar-refractivity contribution in [1.29, 1.82) is 5.26 Å². The topological polar surface area (TPSA) is 54.3 Å². The first kappa shape index (κ1) is 17.6. The van der Waals surface area contributed by atoms with E-state index in [1.165, 1.54) is 0 Å². The van der Waals surface area contributed by atoms with Crippen LogP contribution in [-0.2, 0) is 15.0 Å². The molecule has 2 unspecified atom stereocenters. The molecule has 1 aromatic carbocycles. The highest BCUT2D eigenvalue weighted by Crippen LogP contribution is 2.21. The molecule has 0 aliphatic heterocycles. The van der Waals surface area contributed by atoms with Gasteiger partial charge in [0.05, 0.1) is 25.4 Å². The van der Waals surface area contributed by atoms with Crippen molar-refractivity contribution in [1.82, 2.24) is 5.32 Å². The maximum absolute atomic E-state index is 9.72. The van der Waals surface area contributed by atoms with Crippen molar-refractivity contribution in [3.63, 3.8) is 0 Å². The highest BCUT2D eigenvalue weighted by atomic mass is 16.5. The minimum absolute atomic E-state index is 0.0372. The summed E-state index contributed by atoms with van der Waals surface area (Å²) in [4.78, 5) is 0. The molecule has 0 spiro atoms. The number of nitrogens with zero attached hydrogens (tertiary/aromatic N) is 1. The second-order valence-corrected chi connectivity index (χ2v) is 5.09. The van der Waals surface area contributed by atoms with Crippen LogP contribution in [-0.4, -0.2) is 32.5 Å². The average molecular weight is 290 g/mol. The van der Waals surface area contributed by atoms with E-state index >= 15 is 0 Å². The van der Waals surface area contributed by atoms with E-state index in [0.29, 0.717) is 19.8 Å². The summed E-state index contributed by atoms with van der Waals surface area (Å²) in [5.41, 5.74) is 0.127. The Morgan fingerprint density at radius 1 is 1.29 bits per heavy atom. The van der Waals surface area contributed by atoms with Gasteiger partial charge in [-0.25, -0.2) is 0 Å². The van der Waals surface area contributed by atoms with Gasteiger partial charge in [0.25, 0.3) is 0 Å². The molecule has 0 fully saturated rings. The summed E-state index contributed by atoms with van der Waals surface area (Å²) in [6, 6.07) is 12.2. The van der Waals surface area contributed by atoms with E-state index in [-0.39, 0.29) is 6.10 Å². The molecule has 0 aliphatic carbocycles. The molecule has 1 rings (SSSR count). The molecule has 0 saturated heterocycles. The van der Waals surface area contributed by atoms with Crippen LogP contribution in [0.25, 0.3) is 0 Å². The second kappa shape index (κ2) is 9.51. The SMILES string of the molecule is CCCNC(C#N)(COC(C)COCC)c1ccccc1. The lowest BCUT2D eigenvalue weighted by Crippen LogP contribution is -2.46. The van der Waals surface area contributed by atoms with E-state index in [1.54, 1.807) is 0 Å². The number of ether oxygens (including phenoxy) is 2. The Kier molecular flexibility index (Phi) is 7.99. The Morgan fingerprint density at radius 2 is 2.00 bits per heavy atom. The van der Waals surface area contributed by atoms with Gasteiger partial charge in [0, 0.05) is 6.61 Å². The third-order valence-corrected chi connectivity index (χ3v) is 3.28. The molecular weight excluding hydrogens is 264 g/mol. The van der Waals surface area contributed by atoms with Crippen molar-refractivity contribution in [3.8, 4) is 6.07 Å². The summed E-state index contributed by atoms with van der Waals surface area (Å²) >= 11 is 0. The molecule has 0 radical (unpaired) electrons. The lowest BCUT2D eigenvalue weighted by molar-refractivity contribution is -0.0209. The van der Waals surface area contributed by atoms with Crippen molar-refractivity contribution in [2.24, 2.45) is 0 Å². The Balaban J connectivity index is 2.79. The van der Waals surface area contributed by atoms with Gasteiger partial charge in [-0.1, -0.05) is 37.3 Å². The van der Waals surface area contributed by atoms with Crippen LogP contribution in [0.1, 0.15) is 32.8 Å². The largest absolute Gasteiger partial charge is 0.379 e. The molecule has 1 aromatic rings. The summed E-state index contributed by atoms with van der Waals surface area (Å²) in [6.45, 7) is 8.29. The number of rotatable bonds is 10. The van der Waals surface area contributed by atoms with Gasteiger partial charge in [-0.05, 0) is 32.4 Å². The van der Waals surface area contributed by atoms with Crippen LogP contribution in [0.2, 0.25) is 0 Å². The van der Waals surface area contributed by atoms with Crippen molar-refractivity contribution in [2.75, 3.05) is 26.4 Å². The second-order valence-electron chi connectivity index (χ2n) is 5.09. The van der Waals surface area contributed by atoms with Gasteiger partial charge >= 0.3 is 0 Å². The first-order valence-electron chi connectivity index (χ1n) is 7.59. The van der Waals surface area contributed by atoms with Gasteiger partial charge in [0.1, 0.15) is 0 Å². The summed E-state index contributed by atoms with van der Waals surface area (Å²) in [5, 5.41) is 13.1. The van der Waals surface area contributed by atoms with Crippen LogP contribution in [0, 0.1) is 11.3 Å². The van der Waals surface area contributed by atoms with E-state index in [4.69, 9.17) is 9.47 Å². The quantitative estimate of drug-likeness (QED) is 0.720. The fourth-order valence-corrected chi connectivity index (χ4v) is 2.03. The molecule has 0 bridgehead atoms. The van der Waals surface area contributed by atoms with Crippen molar-refractivity contribution < 1.29 is 9.47 Å². The van der Waals surface area contributed by atoms with E-state index in [9.17, 15) is 5.26 Å². The highest BCUT2D eigenvalue weighted by molar-refractivity contribution is 5.31. The van der Waals surface area contributed by atoms with Crippen LogP contribution in [0.3, 0.4) is 0 Å². The van der Waals surface area contributed by atoms with Crippen LogP contribution in [0.4, 0.5) is 0 Å². The van der Waals surface area contributed by atoms with Gasteiger partial charge in [0.2, 0.25) is 0 Å². The Bertz CT molecular complexity index is 430. The molecule has 2 atom stereocenters. The Labute approximate surface area is 128 Å². The van der Waals surface area contributed by atoms with Crippen molar-refractivity contribution in [2.45, 2.75) is 38.8 Å². The van der Waals surface area contributed by atoms with Crippen molar-refractivity contribution in [3.05, 3.63) is 35.9 Å².